The zero-order chi connectivity index (χ0) is 17.8. The molecule has 25 heavy (non-hydrogen) atoms. The summed E-state index contributed by atoms with van der Waals surface area (Å²) in [5.41, 5.74) is 1.02. The maximum atomic E-state index is 12.6. The van der Waals surface area contributed by atoms with Crippen LogP contribution >= 0.6 is 11.6 Å². The van der Waals surface area contributed by atoms with Crippen molar-refractivity contribution in [2.24, 2.45) is 5.92 Å². The molecule has 2 heterocycles. The van der Waals surface area contributed by atoms with E-state index in [9.17, 15) is 4.79 Å². The molecule has 1 aliphatic heterocycles. The fourth-order valence-corrected chi connectivity index (χ4v) is 3.14. The van der Waals surface area contributed by atoms with Gasteiger partial charge in [0.2, 0.25) is 0 Å². The van der Waals surface area contributed by atoms with Gasteiger partial charge in [-0.2, -0.15) is 0 Å². The van der Waals surface area contributed by atoms with Crippen LogP contribution in [0.5, 0.6) is 0 Å². The smallest absolute Gasteiger partial charge is 0.250 e. The molecule has 0 bridgehead atoms. The summed E-state index contributed by atoms with van der Waals surface area (Å²) in [4.78, 5) is 14.5. The first kappa shape index (κ1) is 17.8. The summed E-state index contributed by atoms with van der Waals surface area (Å²) < 4.78 is 7.13. The summed E-state index contributed by atoms with van der Waals surface area (Å²) in [5, 5.41) is 11.9. The van der Waals surface area contributed by atoms with Gasteiger partial charge in [0.25, 0.3) is 5.91 Å². The van der Waals surface area contributed by atoms with E-state index in [4.69, 9.17) is 16.3 Å². The van der Waals surface area contributed by atoms with Crippen molar-refractivity contribution < 1.29 is 9.53 Å². The summed E-state index contributed by atoms with van der Waals surface area (Å²) in [7, 11) is 0. The first-order chi connectivity index (χ1) is 12.1. The van der Waals surface area contributed by atoms with Crippen molar-refractivity contribution in [1.29, 1.82) is 0 Å². The van der Waals surface area contributed by atoms with Crippen LogP contribution in [0.3, 0.4) is 0 Å². The highest BCUT2D eigenvalue weighted by Crippen LogP contribution is 2.43. The average molecular weight is 364 g/mol. The number of hydrogen-bond donors (Lipinski definition) is 0. The third-order valence-corrected chi connectivity index (χ3v) is 4.42. The van der Waals surface area contributed by atoms with Gasteiger partial charge in [0.1, 0.15) is 6.33 Å². The lowest BCUT2D eigenvalue weighted by Crippen LogP contribution is -2.56. The highest BCUT2D eigenvalue weighted by molar-refractivity contribution is 6.30. The van der Waals surface area contributed by atoms with Crippen LogP contribution in [0.2, 0.25) is 5.02 Å². The van der Waals surface area contributed by atoms with Crippen LogP contribution in [0.4, 0.5) is 0 Å². The summed E-state index contributed by atoms with van der Waals surface area (Å²) in [6.07, 6.45) is 2.28. The number of hydrogen-bond acceptors (Lipinski definition) is 5. The number of β-lactam (4-membered cyclic amide) rings is 1. The predicted octanol–water partition coefficient (Wildman–Crippen LogP) is 2.51. The molecule has 8 heteroatoms. The van der Waals surface area contributed by atoms with Crippen LogP contribution in [0.25, 0.3) is 0 Å². The van der Waals surface area contributed by atoms with Gasteiger partial charge >= 0.3 is 0 Å². The number of benzene rings is 1. The number of amides is 1. The number of carbonyl (C=O) groups excluding carboxylic acids is 1. The van der Waals surface area contributed by atoms with E-state index in [0.717, 1.165) is 18.6 Å². The fourth-order valence-electron chi connectivity index (χ4n) is 3.01. The third-order valence-electron chi connectivity index (χ3n) is 4.17. The number of aromatic nitrogens is 4. The molecule has 1 fully saturated rings. The Morgan fingerprint density at radius 1 is 1.24 bits per heavy atom. The van der Waals surface area contributed by atoms with Gasteiger partial charge in [-0.15, -0.1) is 5.10 Å². The topological polar surface area (TPSA) is 73.1 Å². The van der Waals surface area contributed by atoms with Crippen LogP contribution in [0.1, 0.15) is 37.9 Å². The molecule has 1 saturated heterocycles. The minimum Gasteiger partial charge on any atom is -0.381 e. The number of halogens is 1. The SMILES string of the molecule is CC(C)COCCCN1C(=O)C(n2cnnn2)C1c1ccc(Cl)cc1. The zero-order valence-electron chi connectivity index (χ0n) is 14.4. The van der Waals surface area contributed by atoms with Crippen molar-refractivity contribution in [3.05, 3.63) is 41.2 Å². The lowest BCUT2D eigenvalue weighted by molar-refractivity contribution is -0.156. The second kappa shape index (κ2) is 7.93. The number of nitrogens with zero attached hydrogens (tertiary/aromatic N) is 5. The second-order valence-corrected chi connectivity index (χ2v) is 7.02. The van der Waals surface area contributed by atoms with E-state index in [0.29, 0.717) is 24.1 Å². The van der Waals surface area contributed by atoms with Gasteiger partial charge in [0, 0.05) is 24.8 Å². The average Bonchev–Trinajstić information content (AvgIpc) is 3.10. The number of likely N-dealkylation sites (tertiary alicyclic amines) is 1. The molecule has 2 unspecified atom stereocenters. The van der Waals surface area contributed by atoms with Gasteiger partial charge in [-0.25, -0.2) is 4.68 Å². The van der Waals surface area contributed by atoms with Crippen molar-refractivity contribution in [1.82, 2.24) is 25.1 Å². The van der Waals surface area contributed by atoms with Crippen molar-refractivity contribution in [3.63, 3.8) is 0 Å². The van der Waals surface area contributed by atoms with Crippen LogP contribution in [0.15, 0.2) is 30.6 Å². The molecular formula is C17H22ClN5O2. The quantitative estimate of drug-likeness (QED) is 0.532. The Labute approximate surface area is 151 Å². The Morgan fingerprint density at radius 2 is 2.00 bits per heavy atom. The van der Waals surface area contributed by atoms with Crippen LogP contribution < -0.4 is 0 Å². The Bertz CT molecular complexity index is 690. The normalized spacial score (nSPS) is 20.2. The Kier molecular flexibility index (Phi) is 5.65. The highest BCUT2D eigenvalue weighted by Gasteiger charge is 2.49. The van der Waals surface area contributed by atoms with Crippen molar-refractivity contribution in [3.8, 4) is 0 Å². The van der Waals surface area contributed by atoms with E-state index < -0.39 is 6.04 Å². The summed E-state index contributed by atoms with van der Waals surface area (Å²) in [6.45, 7) is 6.26. The van der Waals surface area contributed by atoms with E-state index in [2.05, 4.69) is 29.4 Å². The Hall–Kier alpha value is -1.99. The molecule has 0 aliphatic carbocycles. The van der Waals surface area contributed by atoms with E-state index >= 15 is 0 Å². The van der Waals surface area contributed by atoms with Crippen molar-refractivity contribution in [2.75, 3.05) is 19.8 Å². The predicted molar refractivity (Wildman–Crippen MR) is 93.0 cm³/mol. The van der Waals surface area contributed by atoms with Gasteiger partial charge in [0.05, 0.1) is 6.04 Å². The summed E-state index contributed by atoms with van der Waals surface area (Å²) in [6, 6.07) is 7.05. The van der Waals surface area contributed by atoms with Crippen LogP contribution in [-0.2, 0) is 9.53 Å². The number of ether oxygens (including phenoxy) is 1. The van der Waals surface area contributed by atoms with E-state index in [1.165, 1.54) is 11.0 Å². The first-order valence-corrected chi connectivity index (χ1v) is 8.82. The van der Waals surface area contributed by atoms with Gasteiger partial charge < -0.3 is 9.64 Å². The maximum absolute atomic E-state index is 12.6. The lowest BCUT2D eigenvalue weighted by Gasteiger charge is -2.47. The zero-order valence-corrected chi connectivity index (χ0v) is 15.1. The molecule has 0 saturated carbocycles. The van der Waals surface area contributed by atoms with Gasteiger partial charge in [-0.3, -0.25) is 4.79 Å². The second-order valence-electron chi connectivity index (χ2n) is 6.59. The molecule has 1 amide bonds. The van der Waals surface area contributed by atoms with Gasteiger partial charge in [-0.05, 0) is 40.5 Å². The van der Waals surface area contributed by atoms with E-state index in [1.54, 1.807) is 0 Å². The molecule has 0 radical (unpaired) electrons. The maximum Gasteiger partial charge on any atom is 0.250 e. The molecule has 134 valence electrons. The molecule has 7 nitrogen and oxygen atoms in total. The van der Waals surface area contributed by atoms with E-state index in [-0.39, 0.29) is 11.9 Å². The van der Waals surface area contributed by atoms with Crippen LogP contribution in [-0.4, -0.2) is 50.8 Å². The molecule has 3 rings (SSSR count). The lowest BCUT2D eigenvalue weighted by atomic mass is 9.88. The first-order valence-electron chi connectivity index (χ1n) is 8.44. The third kappa shape index (κ3) is 3.99. The summed E-state index contributed by atoms with van der Waals surface area (Å²) >= 11 is 5.99. The molecule has 1 aromatic carbocycles. The fraction of sp³-hybridized carbons (Fsp3) is 0.529. The Morgan fingerprint density at radius 3 is 2.64 bits per heavy atom. The highest BCUT2D eigenvalue weighted by atomic mass is 35.5. The van der Waals surface area contributed by atoms with Gasteiger partial charge in [-0.1, -0.05) is 37.6 Å². The minimum absolute atomic E-state index is 0.0242. The molecule has 2 aromatic rings. The number of rotatable bonds is 8. The van der Waals surface area contributed by atoms with Gasteiger partial charge in [0.15, 0.2) is 6.04 Å². The number of carbonyl (C=O) groups is 1. The molecular weight excluding hydrogens is 342 g/mol. The van der Waals surface area contributed by atoms with Crippen LogP contribution in [0, 0.1) is 5.92 Å². The van der Waals surface area contributed by atoms with Crippen molar-refractivity contribution in [2.45, 2.75) is 32.4 Å². The summed E-state index contributed by atoms with van der Waals surface area (Å²) in [5.74, 6) is 0.535. The molecule has 2 atom stereocenters. The monoisotopic (exact) mass is 363 g/mol. The standard InChI is InChI=1S/C17H22ClN5O2/c1-12(2)10-25-9-3-8-22-15(13-4-6-14(18)7-5-13)16(17(22)24)23-11-19-20-21-23/h4-7,11-12,15-16H,3,8-10H2,1-2H3. The molecule has 0 spiro atoms. The van der Waals surface area contributed by atoms with E-state index in [1.807, 2.05) is 29.2 Å². The minimum atomic E-state index is -0.409. The molecule has 1 aliphatic rings. The Balaban J connectivity index is 1.68. The van der Waals surface area contributed by atoms with Crippen molar-refractivity contribution >= 4 is 17.5 Å². The number of tetrazole rings is 1. The molecule has 0 N–H and O–H groups in total. The largest absolute Gasteiger partial charge is 0.381 e. The molecule has 1 aromatic heterocycles.